The van der Waals surface area contributed by atoms with Gasteiger partial charge in [-0.1, -0.05) is 36.2 Å². The third kappa shape index (κ3) is 5.37. The van der Waals surface area contributed by atoms with Crippen LogP contribution < -0.4 is 10.5 Å². The first-order valence-corrected chi connectivity index (χ1v) is 11.0. The van der Waals surface area contributed by atoms with E-state index >= 15 is 0 Å². The summed E-state index contributed by atoms with van der Waals surface area (Å²) in [5.74, 6) is 0.431. The van der Waals surface area contributed by atoms with Crippen LogP contribution >= 0.6 is 11.9 Å². The highest BCUT2D eigenvalue weighted by Crippen LogP contribution is 2.50. The Kier molecular flexibility index (Phi) is 7.55. The molecule has 1 aliphatic carbocycles. The summed E-state index contributed by atoms with van der Waals surface area (Å²) in [6.45, 7) is 4.38. The van der Waals surface area contributed by atoms with Crippen LogP contribution in [0.2, 0.25) is 0 Å². The maximum absolute atomic E-state index is 13.3. The van der Waals surface area contributed by atoms with Gasteiger partial charge in [0.05, 0.1) is 11.4 Å². The minimum absolute atomic E-state index is 0.228. The first kappa shape index (κ1) is 22.7. The van der Waals surface area contributed by atoms with Gasteiger partial charge in [-0.25, -0.2) is 4.39 Å². The molecule has 0 saturated heterocycles. The summed E-state index contributed by atoms with van der Waals surface area (Å²) in [6, 6.07) is 11.9. The number of hydrogen-bond acceptors (Lipinski definition) is 6. The second kappa shape index (κ2) is 10.3. The van der Waals surface area contributed by atoms with E-state index in [2.05, 4.69) is 29.0 Å². The molecular weight excluding hydrogens is 409 g/mol. The molecular formula is C24H26FN5S. The molecule has 1 aromatic carbocycles. The van der Waals surface area contributed by atoms with E-state index in [1.54, 1.807) is 18.3 Å². The Morgan fingerprint density at radius 3 is 2.71 bits per heavy atom. The molecule has 0 saturated carbocycles. The van der Waals surface area contributed by atoms with Gasteiger partial charge in [-0.3, -0.25) is 10.1 Å². The minimum atomic E-state index is -0.563. The third-order valence-electron chi connectivity index (χ3n) is 5.46. The summed E-state index contributed by atoms with van der Waals surface area (Å²) in [4.78, 5) is 4.49. The van der Waals surface area contributed by atoms with Gasteiger partial charge in [0.2, 0.25) is 0 Å². The smallest absolute Gasteiger partial charge is 0.123 e. The summed E-state index contributed by atoms with van der Waals surface area (Å²) < 4.78 is 13.3. The summed E-state index contributed by atoms with van der Waals surface area (Å²) >= 11 is 1.27. The summed E-state index contributed by atoms with van der Waals surface area (Å²) in [7, 11) is 0. The lowest BCUT2D eigenvalue weighted by Gasteiger charge is -2.40. The van der Waals surface area contributed by atoms with Crippen molar-refractivity contribution in [2.75, 3.05) is 11.1 Å². The van der Waals surface area contributed by atoms with Crippen LogP contribution in [-0.2, 0) is 0 Å². The van der Waals surface area contributed by atoms with E-state index in [1.807, 2.05) is 18.2 Å². The normalized spacial score (nSPS) is 18.0. The first-order chi connectivity index (χ1) is 15.0. The molecule has 1 aliphatic rings. The summed E-state index contributed by atoms with van der Waals surface area (Å²) in [5.41, 5.74) is 4.04. The molecule has 1 atom stereocenters. The fourth-order valence-electron chi connectivity index (χ4n) is 3.84. The van der Waals surface area contributed by atoms with Gasteiger partial charge in [-0.2, -0.15) is 0 Å². The number of benzene rings is 1. The minimum Gasteiger partial charge on any atom is -0.356 e. The van der Waals surface area contributed by atoms with Gasteiger partial charge in [0.15, 0.2) is 0 Å². The molecule has 5 N–H and O–H groups in total. The van der Waals surface area contributed by atoms with Gasteiger partial charge in [0.25, 0.3) is 0 Å². The van der Waals surface area contributed by atoms with E-state index in [-0.39, 0.29) is 11.5 Å². The molecule has 0 fully saturated rings. The largest absolute Gasteiger partial charge is 0.356 e. The Morgan fingerprint density at radius 1 is 1.29 bits per heavy atom. The maximum atomic E-state index is 13.3. The molecule has 1 unspecified atom stereocenters. The third-order valence-corrected chi connectivity index (χ3v) is 5.90. The highest BCUT2D eigenvalue weighted by atomic mass is 32.2. The number of aromatic nitrogens is 1. The van der Waals surface area contributed by atoms with Crippen LogP contribution in [0.15, 0.2) is 78.7 Å². The average Bonchev–Trinajstić information content (AvgIpc) is 2.80. The Morgan fingerprint density at radius 2 is 2.06 bits per heavy atom. The molecule has 1 heterocycles. The Hall–Kier alpha value is -3.03. The maximum Gasteiger partial charge on any atom is 0.123 e. The second-order valence-electron chi connectivity index (χ2n) is 7.41. The first-order valence-electron chi connectivity index (χ1n) is 9.92. The van der Waals surface area contributed by atoms with Crippen molar-refractivity contribution in [3.8, 4) is 0 Å². The summed E-state index contributed by atoms with van der Waals surface area (Å²) in [5, 5.41) is 24.9. The quantitative estimate of drug-likeness (QED) is 0.288. The van der Waals surface area contributed by atoms with Crippen LogP contribution in [0.25, 0.3) is 5.57 Å². The van der Waals surface area contributed by atoms with Crippen molar-refractivity contribution in [3.63, 3.8) is 0 Å². The van der Waals surface area contributed by atoms with Crippen molar-refractivity contribution in [2.45, 2.75) is 19.3 Å². The molecule has 0 amide bonds. The lowest BCUT2D eigenvalue weighted by molar-refractivity contribution is 0.485. The molecule has 7 heteroatoms. The number of rotatable bonds is 10. The van der Waals surface area contributed by atoms with Gasteiger partial charge in [0, 0.05) is 41.4 Å². The van der Waals surface area contributed by atoms with Gasteiger partial charge in [0.1, 0.15) is 5.82 Å². The number of halogens is 1. The lowest BCUT2D eigenvalue weighted by atomic mass is 9.64. The zero-order chi connectivity index (χ0) is 22.3. The van der Waals surface area contributed by atoms with E-state index in [4.69, 9.17) is 16.0 Å². The number of nitrogens with one attached hydrogen (secondary N) is 3. The van der Waals surface area contributed by atoms with Gasteiger partial charge in [-0.05, 0) is 60.9 Å². The molecule has 0 spiro atoms. The molecule has 160 valence electrons. The van der Waals surface area contributed by atoms with Crippen molar-refractivity contribution < 1.29 is 4.39 Å². The predicted octanol–water partition coefficient (Wildman–Crippen LogP) is 5.60. The molecule has 0 bridgehead atoms. The molecule has 31 heavy (non-hydrogen) atoms. The van der Waals surface area contributed by atoms with Crippen molar-refractivity contribution >= 4 is 35.1 Å². The van der Waals surface area contributed by atoms with E-state index in [0.717, 1.165) is 34.4 Å². The zero-order valence-corrected chi connectivity index (χ0v) is 18.0. The van der Waals surface area contributed by atoms with Gasteiger partial charge in [-0.15, -0.1) is 0 Å². The molecule has 2 aromatic rings. The van der Waals surface area contributed by atoms with Gasteiger partial charge >= 0.3 is 0 Å². The van der Waals surface area contributed by atoms with Crippen molar-refractivity contribution in [1.82, 2.24) is 4.98 Å². The molecule has 5 nitrogen and oxygen atoms in total. The lowest BCUT2D eigenvalue weighted by Crippen LogP contribution is -2.31. The predicted molar refractivity (Wildman–Crippen MR) is 129 cm³/mol. The SMILES string of the molecule is C=C(c1ccccn1)C1(CC(=N)C=N)CC=C(Nc2ccc(F)cc2)C=C1CCSN. The Labute approximate surface area is 186 Å². The van der Waals surface area contributed by atoms with Crippen LogP contribution in [0.5, 0.6) is 0 Å². The molecule has 1 aromatic heterocycles. The fraction of sp³-hybridized carbons (Fsp3) is 0.208. The number of pyridine rings is 1. The average molecular weight is 436 g/mol. The standard InChI is InChI=1S/C24H26FN5S/c1-17(23-4-2-3-12-29-23)24(15-20(27)16-26)11-9-22(14-18(24)10-13-31-28)30-21-7-5-19(25)6-8-21/h2-9,12,14,16,26-27,30H,1,10-11,13,15,28H2. The van der Waals surface area contributed by atoms with Crippen LogP contribution in [0.1, 0.15) is 25.0 Å². The molecule has 0 radical (unpaired) electrons. The topological polar surface area (TPSA) is 98.6 Å². The number of allylic oxidation sites excluding steroid dienone is 4. The van der Waals surface area contributed by atoms with Crippen LogP contribution in [-0.4, -0.2) is 22.7 Å². The molecule has 3 rings (SSSR count). The van der Waals surface area contributed by atoms with Crippen molar-refractivity contribution in [3.05, 3.63) is 90.2 Å². The number of hydrogen-bond donors (Lipinski definition) is 4. The summed E-state index contributed by atoms with van der Waals surface area (Å²) in [6.07, 6.45) is 8.60. The van der Waals surface area contributed by atoms with Crippen molar-refractivity contribution in [1.29, 1.82) is 10.8 Å². The fourth-order valence-corrected chi connectivity index (χ4v) is 4.18. The van der Waals surface area contributed by atoms with Crippen LogP contribution in [0, 0.1) is 22.1 Å². The Bertz CT molecular complexity index is 1010. The van der Waals surface area contributed by atoms with E-state index < -0.39 is 5.41 Å². The van der Waals surface area contributed by atoms with Crippen LogP contribution in [0.4, 0.5) is 10.1 Å². The molecule has 0 aliphatic heterocycles. The van der Waals surface area contributed by atoms with E-state index in [9.17, 15) is 4.39 Å². The highest BCUT2D eigenvalue weighted by molar-refractivity contribution is 7.97. The highest BCUT2D eigenvalue weighted by Gasteiger charge is 2.39. The Balaban J connectivity index is 2.00. The van der Waals surface area contributed by atoms with E-state index in [0.29, 0.717) is 25.0 Å². The van der Waals surface area contributed by atoms with Crippen molar-refractivity contribution in [2.24, 2.45) is 10.6 Å². The monoisotopic (exact) mass is 435 g/mol. The zero-order valence-electron chi connectivity index (χ0n) is 17.2. The second-order valence-corrected chi connectivity index (χ2v) is 8.15. The number of anilines is 1. The number of nitrogens with zero attached hydrogens (tertiary/aromatic N) is 1. The number of nitrogens with two attached hydrogens (primary N) is 1. The van der Waals surface area contributed by atoms with Crippen LogP contribution in [0.3, 0.4) is 0 Å². The van der Waals surface area contributed by atoms with E-state index in [1.165, 1.54) is 24.1 Å². The van der Waals surface area contributed by atoms with Gasteiger partial charge < -0.3 is 16.1 Å².